The third-order valence-corrected chi connectivity index (χ3v) is 3.32. The molecule has 0 aliphatic carbocycles. The molecule has 6 nitrogen and oxygen atoms in total. The number of rotatable bonds is 4. The largest absolute Gasteiger partial charge is 0.493 e. The fourth-order valence-electron chi connectivity index (χ4n) is 1.72. The van der Waals surface area contributed by atoms with E-state index < -0.39 is 11.7 Å². The Kier molecular flexibility index (Phi) is 4.87. The summed E-state index contributed by atoms with van der Waals surface area (Å²) in [5, 5.41) is 17.2. The molecule has 0 spiro atoms. The molecule has 3 N–H and O–H groups in total. The fourth-order valence-corrected chi connectivity index (χ4v) is 2.30. The number of carbonyl (C=O) groups excluding carboxylic acids is 1. The summed E-state index contributed by atoms with van der Waals surface area (Å²) in [5.41, 5.74) is 1.18. The van der Waals surface area contributed by atoms with Crippen LogP contribution in [0, 0.1) is 0 Å². The van der Waals surface area contributed by atoms with Gasteiger partial charge in [0.2, 0.25) is 5.88 Å². The van der Waals surface area contributed by atoms with Crippen LogP contribution >= 0.6 is 11.3 Å². The first-order valence-electron chi connectivity index (χ1n) is 6.80. The molecule has 0 atom stereocenters. The monoisotopic (exact) mass is 321 g/mol. The predicted molar refractivity (Wildman–Crippen MR) is 86.6 cm³/mol. The molecule has 7 heteroatoms. The molecule has 22 heavy (non-hydrogen) atoms. The number of carbonyl (C=O) groups is 1. The number of nitrogens with one attached hydrogen (secondary N) is 2. The van der Waals surface area contributed by atoms with Crippen LogP contribution in [0.3, 0.4) is 0 Å². The summed E-state index contributed by atoms with van der Waals surface area (Å²) in [6.45, 7) is 5.78. The molecule has 0 bridgehead atoms. The highest BCUT2D eigenvalue weighted by atomic mass is 32.1. The van der Waals surface area contributed by atoms with Gasteiger partial charge in [-0.2, -0.15) is 4.98 Å². The second-order valence-electron chi connectivity index (χ2n) is 5.65. The van der Waals surface area contributed by atoms with Crippen LogP contribution in [0.15, 0.2) is 29.6 Å². The van der Waals surface area contributed by atoms with Crippen LogP contribution in [0.5, 0.6) is 5.88 Å². The predicted octanol–water partition coefficient (Wildman–Crippen LogP) is 3.62. The van der Waals surface area contributed by atoms with Crippen molar-refractivity contribution >= 4 is 28.2 Å². The molecule has 2 aromatic rings. The summed E-state index contributed by atoms with van der Waals surface area (Å²) in [5.74, 6) is -0.0168. The van der Waals surface area contributed by atoms with Gasteiger partial charge in [0.1, 0.15) is 5.60 Å². The third-order valence-electron chi connectivity index (χ3n) is 2.57. The Bertz CT molecular complexity index is 649. The zero-order valence-corrected chi connectivity index (χ0v) is 13.5. The summed E-state index contributed by atoms with van der Waals surface area (Å²) < 4.78 is 5.21. The maximum absolute atomic E-state index is 11.7. The molecule has 1 aromatic heterocycles. The molecule has 1 amide bonds. The fraction of sp³-hybridized carbons (Fsp3) is 0.333. The number of benzene rings is 1. The van der Waals surface area contributed by atoms with Gasteiger partial charge >= 0.3 is 6.09 Å². The summed E-state index contributed by atoms with van der Waals surface area (Å²) in [4.78, 5) is 15.6. The van der Waals surface area contributed by atoms with Gasteiger partial charge in [0.05, 0.1) is 5.38 Å². The van der Waals surface area contributed by atoms with Gasteiger partial charge in [0.15, 0.2) is 5.13 Å². The second kappa shape index (κ2) is 6.65. The molecule has 1 heterocycles. The van der Waals surface area contributed by atoms with E-state index in [4.69, 9.17) is 4.74 Å². The summed E-state index contributed by atoms with van der Waals surface area (Å²) in [6, 6.07) is 7.54. The Morgan fingerprint density at radius 1 is 1.36 bits per heavy atom. The Hall–Kier alpha value is -2.28. The van der Waals surface area contributed by atoms with E-state index in [0.717, 1.165) is 11.3 Å². The quantitative estimate of drug-likeness (QED) is 0.801. The highest BCUT2D eigenvalue weighted by Crippen LogP contribution is 2.25. The first kappa shape index (κ1) is 16.1. The number of ether oxygens (including phenoxy) is 1. The Balaban J connectivity index is 2.01. The van der Waals surface area contributed by atoms with Gasteiger partial charge in [-0.3, -0.25) is 0 Å². The SMILES string of the molecule is CC(C)(C)OC(=O)NCc1ccccc1Nc1nc(O)cs1. The molecule has 0 aliphatic rings. The number of para-hydroxylation sites is 1. The number of nitrogens with zero attached hydrogens (tertiary/aromatic N) is 1. The van der Waals surface area contributed by atoms with E-state index in [9.17, 15) is 9.90 Å². The average molecular weight is 321 g/mol. The molecule has 0 saturated heterocycles. The number of aromatic nitrogens is 1. The highest BCUT2D eigenvalue weighted by molar-refractivity contribution is 7.13. The van der Waals surface area contributed by atoms with E-state index in [1.807, 2.05) is 45.0 Å². The molecule has 0 unspecified atom stereocenters. The summed E-state index contributed by atoms with van der Waals surface area (Å²) in [6.07, 6.45) is -0.464. The van der Waals surface area contributed by atoms with E-state index in [1.54, 1.807) is 5.38 Å². The number of thiazole rings is 1. The molecule has 0 aliphatic heterocycles. The lowest BCUT2D eigenvalue weighted by Crippen LogP contribution is -2.32. The maximum atomic E-state index is 11.7. The van der Waals surface area contributed by atoms with E-state index in [2.05, 4.69) is 15.6 Å². The Labute approximate surface area is 133 Å². The minimum absolute atomic E-state index is 0.0168. The van der Waals surface area contributed by atoms with Gasteiger partial charge in [0.25, 0.3) is 0 Å². The first-order chi connectivity index (χ1) is 10.3. The van der Waals surface area contributed by atoms with E-state index in [0.29, 0.717) is 11.7 Å². The molecule has 0 saturated carbocycles. The standard InChI is InChI=1S/C15H19N3O3S/c1-15(2,3)21-14(20)16-8-10-6-4-5-7-11(10)17-13-18-12(19)9-22-13/h4-7,9,19H,8H2,1-3H3,(H,16,20)(H,17,18). The van der Waals surface area contributed by atoms with Crippen molar-refractivity contribution in [3.05, 3.63) is 35.2 Å². The number of alkyl carbamates (subject to hydrolysis) is 1. The summed E-state index contributed by atoms with van der Waals surface area (Å²) >= 11 is 1.30. The molecular weight excluding hydrogens is 302 g/mol. The van der Waals surface area contributed by atoms with Crippen molar-refractivity contribution in [2.45, 2.75) is 32.9 Å². The van der Waals surface area contributed by atoms with Gasteiger partial charge in [-0.05, 0) is 32.4 Å². The van der Waals surface area contributed by atoms with Crippen LogP contribution in [0.2, 0.25) is 0 Å². The molecule has 1 aromatic carbocycles. The van der Waals surface area contributed by atoms with Crippen LogP contribution in [-0.2, 0) is 11.3 Å². The van der Waals surface area contributed by atoms with Crippen molar-refractivity contribution in [1.29, 1.82) is 0 Å². The van der Waals surface area contributed by atoms with Crippen LogP contribution in [0.25, 0.3) is 0 Å². The number of amides is 1. The lowest BCUT2D eigenvalue weighted by atomic mass is 10.2. The number of anilines is 2. The lowest BCUT2D eigenvalue weighted by Gasteiger charge is -2.20. The van der Waals surface area contributed by atoms with Gasteiger partial charge in [-0.15, -0.1) is 11.3 Å². The van der Waals surface area contributed by atoms with Crippen LogP contribution in [0.1, 0.15) is 26.3 Å². The van der Waals surface area contributed by atoms with Crippen molar-refractivity contribution in [1.82, 2.24) is 10.3 Å². The van der Waals surface area contributed by atoms with Gasteiger partial charge in [0, 0.05) is 12.2 Å². The van der Waals surface area contributed by atoms with E-state index >= 15 is 0 Å². The summed E-state index contributed by atoms with van der Waals surface area (Å²) in [7, 11) is 0. The molecular formula is C15H19N3O3S. The lowest BCUT2D eigenvalue weighted by molar-refractivity contribution is 0.0523. The molecule has 0 radical (unpaired) electrons. The Morgan fingerprint density at radius 2 is 2.09 bits per heavy atom. The Morgan fingerprint density at radius 3 is 2.73 bits per heavy atom. The second-order valence-corrected chi connectivity index (χ2v) is 6.51. The topological polar surface area (TPSA) is 83.5 Å². The van der Waals surface area contributed by atoms with E-state index in [1.165, 1.54) is 11.3 Å². The van der Waals surface area contributed by atoms with Gasteiger partial charge < -0.3 is 20.5 Å². The number of hydrogen-bond donors (Lipinski definition) is 3. The zero-order valence-electron chi connectivity index (χ0n) is 12.7. The maximum Gasteiger partial charge on any atom is 0.407 e. The van der Waals surface area contributed by atoms with Crippen LogP contribution in [-0.4, -0.2) is 21.8 Å². The van der Waals surface area contributed by atoms with E-state index in [-0.39, 0.29) is 5.88 Å². The molecule has 0 fully saturated rings. The average Bonchev–Trinajstić information content (AvgIpc) is 2.81. The van der Waals surface area contributed by atoms with Crippen molar-refractivity contribution in [2.24, 2.45) is 0 Å². The minimum atomic E-state index is -0.528. The smallest absolute Gasteiger partial charge is 0.407 e. The van der Waals surface area contributed by atoms with Gasteiger partial charge in [-0.1, -0.05) is 18.2 Å². The normalized spacial score (nSPS) is 11.0. The minimum Gasteiger partial charge on any atom is -0.493 e. The van der Waals surface area contributed by atoms with Crippen molar-refractivity contribution in [2.75, 3.05) is 5.32 Å². The van der Waals surface area contributed by atoms with Crippen molar-refractivity contribution in [3.8, 4) is 5.88 Å². The van der Waals surface area contributed by atoms with Gasteiger partial charge in [-0.25, -0.2) is 4.79 Å². The zero-order chi connectivity index (χ0) is 16.2. The third kappa shape index (κ3) is 4.92. The number of hydrogen-bond acceptors (Lipinski definition) is 6. The van der Waals surface area contributed by atoms with Crippen LogP contribution < -0.4 is 10.6 Å². The first-order valence-corrected chi connectivity index (χ1v) is 7.68. The number of aromatic hydroxyl groups is 1. The van der Waals surface area contributed by atoms with Crippen molar-refractivity contribution in [3.63, 3.8) is 0 Å². The molecule has 118 valence electrons. The molecule has 2 rings (SSSR count). The van der Waals surface area contributed by atoms with Crippen molar-refractivity contribution < 1.29 is 14.6 Å². The van der Waals surface area contributed by atoms with Crippen LogP contribution in [0.4, 0.5) is 15.6 Å². The highest BCUT2D eigenvalue weighted by Gasteiger charge is 2.16.